The van der Waals surface area contributed by atoms with E-state index in [0.717, 1.165) is 24.2 Å². The Bertz CT molecular complexity index is 696. The number of hydrogen-bond acceptors (Lipinski definition) is 4. The van der Waals surface area contributed by atoms with Crippen LogP contribution in [-0.4, -0.2) is 38.7 Å². The lowest BCUT2D eigenvalue weighted by Gasteiger charge is -2.25. The monoisotopic (exact) mass is 373 g/mol. The number of hydrogen-bond donors (Lipinski definition) is 2. The SMILES string of the molecule is COc1ccc(C(NC(=O)NCC(c2cccs2)N(C)C)C2CC2)cc1. The van der Waals surface area contributed by atoms with Crippen molar-refractivity contribution in [2.45, 2.75) is 24.9 Å². The van der Waals surface area contributed by atoms with Crippen LogP contribution in [-0.2, 0) is 0 Å². The Kier molecular flexibility index (Phi) is 6.16. The molecule has 1 heterocycles. The van der Waals surface area contributed by atoms with E-state index in [0.29, 0.717) is 12.5 Å². The fourth-order valence-corrected chi connectivity index (χ4v) is 4.04. The Labute approximate surface area is 159 Å². The standard InChI is InChI=1S/C20H27N3O2S/c1-23(2)17(18-5-4-12-26-18)13-21-20(24)22-19(14-6-7-14)15-8-10-16(25-3)11-9-15/h4-5,8-12,14,17,19H,6-7,13H2,1-3H3,(H2,21,22,24). The van der Waals surface area contributed by atoms with Crippen molar-refractivity contribution < 1.29 is 9.53 Å². The third-order valence-corrected chi connectivity index (χ3v) is 5.78. The van der Waals surface area contributed by atoms with Gasteiger partial charge in [0.1, 0.15) is 5.75 Å². The van der Waals surface area contributed by atoms with Crippen molar-refractivity contribution in [3.8, 4) is 5.75 Å². The number of methoxy groups -OCH3 is 1. The van der Waals surface area contributed by atoms with Crippen LogP contribution in [0.3, 0.4) is 0 Å². The van der Waals surface area contributed by atoms with Gasteiger partial charge in [-0.2, -0.15) is 0 Å². The molecule has 2 unspecified atom stereocenters. The summed E-state index contributed by atoms with van der Waals surface area (Å²) in [5, 5.41) is 8.28. The van der Waals surface area contributed by atoms with Crippen molar-refractivity contribution in [2.24, 2.45) is 5.92 Å². The van der Waals surface area contributed by atoms with Crippen LogP contribution in [0.15, 0.2) is 41.8 Å². The van der Waals surface area contributed by atoms with Crippen molar-refractivity contribution in [3.05, 3.63) is 52.2 Å². The molecular weight excluding hydrogens is 346 g/mol. The highest BCUT2D eigenvalue weighted by Crippen LogP contribution is 2.41. The van der Waals surface area contributed by atoms with Gasteiger partial charge in [-0.1, -0.05) is 18.2 Å². The van der Waals surface area contributed by atoms with E-state index >= 15 is 0 Å². The minimum absolute atomic E-state index is 0.0560. The van der Waals surface area contributed by atoms with Crippen LogP contribution in [0.25, 0.3) is 0 Å². The molecule has 2 atom stereocenters. The maximum Gasteiger partial charge on any atom is 0.315 e. The Morgan fingerprint density at radius 3 is 2.54 bits per heavy atom. The van der Waals surface area contributed by atoms with E-state index in [1.807, 2.05) is 44.4 Å². The molecule has 0 saturated heterocycles. The van der Waals surface area contributed by atoms with Crippen molar-refractivity contribution >= 4 is 17.4 Å². The van der Waals surface area contributed by atoms with Gasteiger partial charge in [-0.05, 0) is 62.0 Å². The highest BCUT2D eigenvalue weighted by atomic mass is 32.1. The Hall–Kier alpha value is -2.05. The predicted octanol–water partition coefficient (Wildman–Crippen LogP) is 3.81. The summed E-state index contributed by atoms with van der Waals surface area (Å²) < 4.78 is 5.23. The molecule has 1 saturated carbocycles. The second-order valence-electron chi connectivity index (χ2n) is 6.94. The van der Waals surface area contributed by atoms with E-state index in [2.05, 4.69) is 27.0 Å². The van der Waals surface area contributed by atoms with Crippen LogP contribution in [0.2, 0.25) is 0 Å². The average Bonchev–Trinajstić information content (AvgIpc) is 3.34. The first-order chi connectivity index (χ1) is 12.6. The summed E-state index contributed by atoms with van der Waals surface area (Å²) in [6.45, 7) is 0.583. The Morgan fingerprint density at radius 1 is 1.27 bits per heavy atom. The maximum atomic E-state index is 12.5. The molecule has 1 aromatic carbocycles. The zero-order valence-electron chi connectivity index (χ0n) is 15.6. The summed E-state index contributed by atoms with van der Waals surface area (Å²) >= 11 is 1.71. The molecule has 6 heteroatoms. The molecule has 2 amide bonds. The first-order valence-electron chi connectivity index (χ1n) is 8.96. The molecule has 3 rings (SSSR count). The normalized spacial score (nSPS) is 16.2. The van der Waals surface area contributed by atoms with Crippen molar-refractivity contribution in [1.29, 1.82) is 0 Å². The average molecular weight is 374 g/mol. The summed E-state index contributed by atoms with van der Waals surface area (Å²) in [7, 11) is 5.73. The highest BCUT2D eigenvalue weighted by molar-refractivity contribution is 7.10. The van der Waals surface area contributed by atoms with Gasteiger partial charge in [-0.25, -0.2) is 4.79 Å². The number of ether oxygens (including phenoxy) is 1. The number of amides is 2. The summed E-state index contributed by atoms with van der Waals surface area (Å²) in [5.74, 6) is 1.36. The zero-order valence-corrected chi connectivity index (χ0v) is 16.4. The molecule has 1 aliphatic rings. The van der Waals surface area contributed by atoms with Crippen molar-refractivity contribution in [1.82, 2.24) is 15.5 Å². The van der Waals surface area contributed by atoms with Gasteiger partial charge in [0.05, 0.1) is 19.2 Å². The number of likely N-dealkylation sites (N-methyl/N-ethyl adjacent to an activating group) is 1. The number of nitrogens with zero attached hydrogens (tertiary/aromatic N) is 1. The minimum atomic E-state index is -0.110. The fraction of sp³-hybridized carbons (Fsp3) is 0.450. The van der Waals surface area contributed by atoms with Crippen LogP contribution in [0.5, 0.6) is 5.75 Å². The molecule has 0 spiro atoms. The largest absolute Gasteiger partial charge is 0.497 e. The molecule has 1 fully saturated rings. The topological polar surface area (TPSA) is 53.6 Å². The van der Waals surface area contributed by atoms with Gasteiger partial charge >= 0.3 is 6.03 Å². The van der Waals surface area contributed by atoms with E-state index in [9.17, 15) is 4.79 Å². The number of benzene rings is 1. The van der Waals surface area contributed by atoms with Crippen LogP contribution >= 0.6 is 11.3 Å². The van der Waals surface area contributed by atoms with Crippen molar-refractivity contribution in [3.63, 3.8) is 0 Å². The van der Waals surface area contributed by atoms with E-state index in [4.69, 9.17) is 4.74 Å². The third-order valence-electron chi connectivity index (χ3n) is 4.81. The number of nitrogens with one attached hydrogen (secondary N) is 2. The number of rotatable bonds is 8. The smallest absolute Gasteiger partial charge is 0.315 e. The number of thiophene rings is 1. The molecule has 0 aliphatic heterocycles. The molecule has 0 bridgehead atoms. The fourth-order valence-electron chi connectivity index (χ4n) is 3.11. The number of urea groups is 1. The van der Waals surface area contributed by atoms with Gasteiger partial charge in [-0.15, -0.1) is 11.3 Å². The molecule has 0 radical (unpaired) electrons. The van der Waals surface area contributed by atoms with E-state index in [-0.39, 0.29) is 18.1 Å². The Morgan fingerprint density at radius 2 is 2.00 bits per heavy atom. The summed E-state index contributed by atoms with van der Waals surface area (Å²) in [4.78, 5) is 15.9. The van der Waals surface area contributed by atoms with Crippen molar-refractivity contribution in [2.75, 3.05) is 27.7 Å². The second-order valence-corrected chi connectivity index (χ2v) is 7.92. The summed E-state index contributed by atoms with van der Waals surface area (Å²) in [5.41, 5.74) is 1.13. The number of carbonyl (C=O) groups excluding carboxylic acids is 1. The maximum absolute atomic E-state index is 12.5. The van der Waals surface area contributed by atoms with Gasteiger partial charge < -0.3 is 20.3 Å². The molecule has 26 heavy (non-hydrogen) atoms. The first-order valence-corrected chi connectivity index (χ1v) is 9.84. The highest BCUT2D eigenvalue weighted by Gasteiger charge is 2.33. The van der Waals surface area contributed by atoms with Crippen LogP contribution < -0.4 is 15.4 Å². The number of carbonyl (C=O) groups is 1. The molecule has 2 N–H and O–H groups in total. The zero-order chi connectivity index (χ0) is 18.5. The van der Waals surface area contributed by atoms with Gasteiger partial charge in [0.25, 0.3) is 0 Å². The van der Waals surface area contributed by atoms with E-state index in [1.165, 1.54) is 4.88 Å². The molecule has 1 aliphatic carbocycles. The first kappa shape index (κ1) is 18.7. The lowest BCUT2D eigenvalue weighted by molar-refractivity contribution is 0.228. The molecular formula is C20H27N3O2S. The van der Waals surface area contributed by atoms with E-state index in [1.54, 1.807) is 18.4 Å². The summed E-state index contributed by atoms with van der Waals surface area (Å²) in [6, 6.07) is 12.3. The minimum Gasteiger partial charge on any atom is -0.497 e. The van der Waals surface area contributed by atoms with E-state index < -0.39 is 0 Å². The molecule has 2 aromatic rings. The quantitative estimate of drug-likeness (QED) is 0.740. The predicted molar refractivity (Wildman–Crippen MR) is 106 cm³/mol. The molecule has 1 aromatic heterocycles. The van der Waals surface area contributed by atoms with Gasteiger partial charge in [-0.3, -0.25) is 0 Å². The van der Waals surface area contributed by atoms with Crippen LogP contribution in [0.1, 0.15) is 35.4 Å². The third kappa shape index (κ3) is 4.77. The molecule has 5 nitrogen and oxygen atoms in total. The van der Waals surface area contributed by atoms with Crippen LogP contribution in [0.4, 0.5) is 4.79 Å². The van der Waals surface area contributed by atoms with Crippen LogP contribution in [0, 0.1) is 5.92 Å². The lowest BCUT2D eigenvalue weighted by atomic mass is 10.0. The Balaban J connectivity index is 1.59. The van der Waals surface area contributed by atoms with Gasteiger partial charge in [0.15, 0.2) is 0 Å². The van der Waals surface area contributed by atoms with Gasteiger partial charge in [0, 0.05) is 11.4 Å². The lowest BCUT2D eigenvalue weighted by Crippen LogP contribution is -2.42. The summed E-state index contributed by atoms with van der Waals surface area (Å²) in [6.07, 6.45) is 2.32. The molecule has 140 valence electrons. The second kappa shape index (κ2) is 8.56. The van der Waals surface area contributed by atoms with Gasteiger partial charge in [0.2, 0.25) is 0 Å².